The summed E-state index contributed by atoms with van der Waals surface area (Å²) in [5.41, 5.74) is 5.45. The fraction of sp³-hybridized carbons (Fsp3) is 0.677. The minimum atomic E-state index is -4.61. The first-order chi connectivity index (χ1) is 18.8. The molecule has 1 heterocycles. The molecular formula is C31H48F3N5O. The predicted octanol–water partition coefficient (Wildman–Crippen LogP) is 6.23. The lowest BCUT2D eigenvalue weighted by Gasteiger charge is -2.43. The minimum absolute atomic E-state index is 0.0169. The van der Waals surface area contributed by atoms with E-state index in [9.17, 15) is 18.0 Å². The Labute approximate surface area is 237 Å². The van der Waals surface area contributed by atoms with E-state index >= 15 is 0 Å². The summed E-state index contributed by atoms with van der Waals surface area (Å²) in [6.45, 7) is 4.19. The quantitative estimate of drug-likeness (QED) is 0.398. The van der Waals surface area contributed by atoms with Gasteiger partial charge in [-0.05, 0) is 78.8 Å². The van der Waals surface area contributed by atoms with Crippen molar-refractivity contribution in [2.75, 3.05) is 28.2 Å². The highest BCUT2D eigenvalue weighted by Crippen LogP contribution is 2.39. The Morgan fingerprint density at radius 3 is 1.95 bits per heavy atom. The Bertz CT molecular complexity index is 1120. The van der Waals surface area contributed by atoms with Gasteiger partial charge in [0.15, 0.2) is 0 Å². The summed E-state index contributed by atoms with van der Waals surface area (Å²) < 4.78 is 39.9. The van der Waals surface area contributed by atoms with E-state index in [1.165, 1.54) is 31.7 Å². The van der Waals surface area contributed by atoms with E-state index in [0.717, 1.165) is 38.2 Å². The number of alkyl halides is 3. The number of rotatable bonds is 8. The van der Waals surface area contributed by atoms with E-state index in [1.807, 2.05) is 21.0 Å². The number of nitrogens with one attached hydrogen (secondary N) is 1. The third-order valence-corrected chi connectivity index (χ3v) is 9.46. The summed E-state index contributed by atoms with van der Waals surface area (Å²) in [6, 6.07) is 7.53. The maximum absolute atomic E-state index is 13.3. The average molecular weight is 564 g/mol. The standard InChI is InChI=1S/C21H26F3N3O.C10H22N2/c1-4-17(20(27(2)3)11-7-8-12-20)26-19(28)15-13-18(21(22,23)24)25-16-10-6-5-9-14(15)16;1-4-9(11)10(12(2)3)7-5-6-8-10/h5-6,9-10,13,17H,4,7-8,11-12H2,1-3H3,(H,26,28);9H,4-8,11H2,1-3H3. The first-order valence-electron chi connectivity index (χ1n) is 14.7. The van der Waals surface area contributed by atoms with Gasteiger partial charge in [0.1, 0.15) is 5.69 Å². The number of nitrogens with zero attached hydrogens (tertiary/aromatic N) is 3. The van der Waals surface area contributed by atoms with Gasteiger partial charge in [0.2, 0.25) is 0 Å². The number of amides is 1. The number of para-hydroxylation sites is 1. The zero-order valence-electron chi connectivity index (χ0n) is 25.1. The molecule has 40 heavy (non-hydrogen) atoms. The molecular weight excluding hydrogens is 515 g/mol. The zero-order valence-corrected chi connectivity index (χ0v) is 25.1. The molecule has 0 radical (unpaired) electrons. The summed E-state index contributed by atoms with van der Waals surface area (Å²) >= 11 is 0. The molecule has 0 aliphatic heterocycles. The van der Waals surface area contributed by atoms with Gasteiger partial charge in [-0.1, -0.05) is 57.7 Å². The highest BCUT2D eigenvalue weighted by Gasteiger charge is 2.43. The lowest BCUT2D eigenvalue weighted by Crippen LogP contribution is -2.58. The second-order valence-electron chi connectivity index (χ2n) is 11.9. The number of likely N-dealkylation sites (N-methyl/N-ethyl adjacent to an activating group) is 2. The van der Waals surface area contributed by atoms with Crippen molar-refractivity contribution in [2.24, 2.45) is 5.73 Å². The monoisotopic (exact) mass is 563 g/mol. The summed E-state index contributed by atoms with van der Waals surface area (Å²) in [7, 11) is 8.34. The van der Waals surface area contributed by atoms with Crippen molar-refractivity contribution in [1.29, 1.82) is 0 Å². The third kappa shape index (κ3) is 6.63. The number of benzene rings is 1. The van der Waals surface area contributed by atoms with Crippen LogP contribution in [-0.2, 0) is 6.18 Å². The molecule has 2 aromatic rings. The van der Waals surface area contributed by atoms with Gasteiger partial charge in [-0.15, -0.1) is 0 Å². The maximum atomic E-state index is 13.3. The Morgan fingerprint density at radius 2 is 1.48 bits per heavy atom. The maximum Gasteiger partial charge on any atom is 0.433 e. The van der Waals surface area contributed by atoms with Gasteiger partial charge in [-0.2, -0.15) is 13.2 Å². The molecule has 2 atom stereocenters. The largest absolute Gasteiger partial charge is 0.433 e. The molecule has 1 aromatic carbocycles. The molecule has 2 saturated carbocycles. The molecule has 0 bridgehead atoms. The second-order valence-corrected chi connectivity index (χ2v) is 11.9. The molecule has 6 nitrogen and oxygen atoms in total. The van der Waals surface area contributed by atoms with Gasteiger partial charge >= 0.3 is 6.18 Å². The fourth-order valence-corrected chi connectivity index (χ4v) is 6.97. The number of halogens is 3. The topological polar surface area (TPSA) is 74.5 Å². The van der Waals surface area contributed by atoms with E-state index in [2.05, 4.69) is 41.1 Å². The van der Waals surface area contributed by atoms with Crippen LogP contribution in [0.25, 0.3) is 10.9 Å². The van der Waals surface area contributed by atoms with E-state index in [-0.39, 0.29) is 22.7 Å². The Morgan fingerprint density at radius 1 is 0.950 bits per heavy atom. The van der Waals surface area contributed by atoms with Crippen molar-refractivity contribution in [3.8, 4) is 0 Å². The molecule has 2 unspecified atom stereocenters. The van der Waals surface area contributed by atoms with Crippen molar-refractivity contribution in [2.45, 2.75) is 107 Å². The van der Waals surface area contributed by atoms with Crippen LogP contribution in [0.5, 0.6) is 0 Å². The molecule has 9 heteroatoms. The first-order valence-corrected chi connectivity index (χ1v) is 14.7. The van der Waals surface area contributed by atoms with Crippen molar-refractivity contribution >= 4 is 16.8 Å². The lowest BCUT2D eigenvalue weighted by molar-refractivity contribution is -0.141. The highest BCUT2D eigenvalue weighted by molar-refractivity contribution is 6.06. The number of nitrogens with two attached hydrogens (primary N) is 1. The van der Waals surface area contributed by atoms with Gasteiger partial charge in [0.25, 0.3) is 5.91 Å². The van der Waals surface area contributed by atoms with Gasteiger partial charge in [0, 0.05) is 28.5 Å². The molecule has 3 N–H and O–H groups in total. The van der Waals surface area contributed by atoms with Crippen molar-refractivity contribution in [1.82, 2.24) is 20.1 Å². The Balaban J connectivity index is 0.000000307. The predicted molar refractivity (Wildman–Crippen MR) is 156 cm³/mol. The molecule has 2 fully saturated rings. The summed E-state index contributed by atoms with van der Waals surface area (Å²) in [5.74, 6) is -0.482. The van der Waals surface area contributed by atoms with Gasteiger partial charge in [-0.25, -0.2) is 4.98 Å². The number of carbonyl (C=O) groups is 1. The van der Waals surface area contributed by atoms with Crippen LogP contribution in [0.3, 0.4) is 0 Å². The Hall–Kier alpha value is -2.23. The summed E-state index contributed by atoms with van der Waals surface area (Å²) in [4.78, 5) is 21.3. The second kappa shape index (κ2) is 13.2. The highest BCUT2D eigenvalue weighted by atomic mass is 19.4. The number of pyridine rings is 1. The SMILES string of the molecule is CCC(N)C1(N(C)C)CCCC1.CCC(NC(=O)c1cc(C(F)(F)F)nc2ccccc12)C1(N(C)C)CCCC1. The minimum Gasteiger partial charge on any atom is -0.347 e. The smallest absolute Gasteiger partial charge is 0.347 e. The number of carbonyl (C=O) groups excluding carboxylic acids is 1. The number of hydrogen-bond donors (Lipinski definition) is 2. The number of aromatic nitrogens is 1. The molecule has 2 aliphatic carbocycles. The van der Waals surface area contributed by atoms with Gasteiger partial charge in [0.05, 0.1) is 11.1 Å². The van der Waals surface area contributed by atoms with Crippen LogP contribution in [-0.4, -0.2) is 72.0 Å². The fourth-order valence-electron chi connectivity index (χ4n) is 6.97. The molecule has 0 saturated heterocycles. The molecule has 1 amide bonds. The first kappa shape index (κ1) is 32.3. The van der Waals surface area contributed by atoms with Crippen molar-refractivity contribution < 1.29 is 18.0 Å². The zero-order chi connectivity index (χ0) is 29.7. The normalized spacial score (nSPS) is 19.9. The van der Waals surface area contributed by atoms with Crippen LogP contribution in [0.2, 0.25) is 0 Å². The van der Waals surface area contributed by atoms with Crippen LogP contribution < -0.4 is 11.1 Å². The molecule has 4 rings (SSSR count). The van der Waals surface area contributed by atoms with Crippen LogP contribution in [0, 0.1) is 0 Å². The van der Waals surface area contributed by atoms with E-state index in [1.54, 1.807) is 18.2 Å². The van der Waals surface area contributed by atoms with Crippen LogP contribution in [0.4, 0.5) is 13.2 Å². The molecule has 224 valence electrons. The molecule has 1 aromatic heterocycles. The average Bonchev–Trinajstić information content (AvgIpc) is 3.62. The third-order valence-electron chi connectivity index (χ3n) is 9.46. The van der Waals surface area contributed by atoms with Gasteiger partial charge in [-0.3, -0.25) is 4.79 Å². The van der Waals surface area contributed by atoms with Crippen LogP contribution >= 0.6 is 0 Å². The molecule has 2 aliphatic rings. The van der Waals surface area contributed by atoms with Crippen LogP contribution in [0.15, 0.2) is 30.3 Å². The van der Waals surface area contributed by atoms with E-state index in [0.29, 0.717) is 23.4 Å². The van der Waals surface area contributed by atoms with E-state index in [4.69, 9.17) is 5.73 Å². The Kier molecular flexibility index (Phi) is 10.6. The van der Waals surface area contributed by atoms with Gasteiger partial charge < -0.3 is 20.9 Å². The van der Waals surface area contributed by atoms with Crippen molar-refractivity contribution in [3.63, 3.8) is 0 Å². The lowest BCUT2D eigenvalue weighted by atomic mass is 9.85. The van der Waals surface area contributed by atoms with Crippen LogP contribution in [0.1, 0.15) is 94.1 Å². The van der Waals surface area contributed by atoms with E-state index < -0.39 is 17.8 Å². The van der Waals surface area contributed by atoms with Crippen molar-refractivity contribution in [3.05, 3.63) is 41.6 Å². The number of fused-ring (bicyclic) bond motifs is 1. The molecule has 0 spiro atoms. The summed E-state index contributed by atoms with van der Waals surface area (Å²) in [6.07, 6.45) is 6.56. The summed E-state index contributed by atoms with van der Waals surface area (Å²) in [5, 5.41) is 3.47. The number of hydrogen-bond acceptors (Lipinski definition) is 5.